The van der Waals surface area contributed by atoms with Gasteiger partial charge in [-0.1, -0.05) is 12.4 Å². The monoisotopic (exact) mass is 201 g/mol. The molecule has 0 aliphatic heterocycles. The second-order valence-electron chi connectivity index (χ2n) is 2.65. The van der Waals surface area contributed by atoms with Crippen LogP contribution in [0.1, 0.15) is 5.56 Å². The lowest BCUT2D eigenvalue weighted by Crippen LogP contribution is -2.15. The van der Waals surface area contributed by atoms with Crippen molar-refractivity contribution in [3.8, 4) is 0 Å². The van der Waals surface area contributed by atoms with Crippen molar-refractivity contribution in [1.82, 2.24) is 0 Å². The van der Waals surface area contributed by atoms with Crippen LogP contribution in [0.4, 0.5) is 4.39 Å². The van der Waals surface area contributed by atoms with E-state index in [1.54, 1.807) is 7.85 Å². The summed E-state index contributed by atoms with van der Waals surface area (Å²) in [5, 5.41) is 4.91. The van der Waals surface area contributed by atoms with Crippen molar-refractivity contribution in [1.29, 1.82) is 0 Å². The first-order valence-corrected chi connectivity index (χ1v) is 5.31. The van der Waals surface area contributed by atoms with Gasteiger partial charge >= 0.3 is 0 Å². The summed E-state index contributed by atoms with van der Waals surface area (Å²) >= 11 is 0. The van der Waals surface area contributed by atoms with Crippen LogP contribution < -0.4 is 5.14 Å². The van der Waals surface area contributed by atoms with Crippen molar-refractivity contribution in [2.45, 2.75) is 11.2 Å². The fourth-order valence-corrected chi connectivity index (χ4v) is 1.94. The SMILES string of the molecule is BCc1ccc(F)cc1S(N)(=O)=O. The summed E-state index contributed by atoms with van der Waals surface area (Å²) in [6.07, 6.45) is 0.506. The van der Waals surface area contributed by atoms with Crippen LogP contribution in [-0.4, -0.2) is 16.3 Å². The molecular weight excluding hydrogens is 192 g/mol. The molecule has 3 nitrogen and oxygen atoms in total. The quantitative estimate of drug-likeness (QED) is 0.662. The molecule has 1 aromatic carbocycles. The topological polar surface area (TPSA) is 60.2 Å². The van der Waals surface area contributed by atoms with Crippen LogP contribution in [0.15, 0.2) is 23.1 Å². The van der Waals surface area contributed by atoms with Crippen molar-refractivity contribution >= 4 is 17.9 Å². The van der Waals surface area contributed by atoms with Gasteiger partial charge in [-0.2, -0.15) is 0 Å². The van der Waals surface area contributed by atoms with Crippen molar-refractivity contribution in [2.24, 2.45) is 5.14 Å². The first-order chi connectivity index (χ1) is 5.95. The zero-order valence-corrected chi connectivity index (χ0v) is 7.94. The van der Waals surface area contributed by atoms with E-state index in [9.17, 15) is 12.8 Å². The smallest absolute Gasteiger partial charge is 0.225 e. The maximum absolute atomic E-state index is 12.7. The third kappa shape index (κ3) is 2.29. The second kappa shape index (κ2) is 3.47. The fraction of sp³-hybridized carbons (Fsp3) is 0.143. The van der Waals surface area contributed by atoms with Gasteiger partial charge in [0.05, 0.1) is 4.90 Å². The highest BCUT2D eigenvalue weighted by molar-refractivity contribution is 7.89. The van der Waals surface area contributed by atoms with Crippen molar-refractivity contribution in [3.63, 3.8) is 0 Å². The molecule has 0 saturated carbocycles. The zero-order chi connectivity index (χ0) is 10.1. The molecule has 0 spiro atoms. The van der Waals surface area contributed by atoms with E-state index in [0.717, 1.165) is 6.07 Å². The van der Waals surface area contributed by atoms with Crippen LogP contribution in [0.25, 0.3) is 0 Å². The first-order valence-electron chi connectivity index (χ1n) is 3.76. The summed E-state index contributed by atoms with van der Waals surface area (Å²) in [4.78, 5) is -0.130. The molecule has 6 heteroatoms. The van der Waals surface area contributed by atoms with Gasteiger partial charge in [0, 0.05) is 0 Å². The third-order valence-electron chi connectivity index (χ3n) is 1.72. The maximum atomic E-state index is 12.7. The maximum Gasteiger partial charge on any atom is 0.238 e. The molecular formula is C7H9BFNO2S. The summed E-state index contributed by atoms with van der Waals surface area (Å²) in [5.74, 6) is -0.596. The van der Waals surface area contributed by atoms with Gasteiger partial charge in [0.2, 0.25) is 10.0 Å². The van der Waals surface area contributed by atoms with E-state index in [0.29, 0.717) is 11.9 Å². The predicted molar refractivity (Wildman–Crippen MR) is 50.0 cm³/mol. The largest absolute Gasteiger partial charge is 0.238 e. The number of nitrogens with two attached hydrogens (primary N) is 1. The summed E-state index contributed by atoms with van der Waals surface area (Å²) in [6, 6.07) is 3.58. The molecule has 1 rings (SSSR count). The van der Waals surface area contributed by atoms with Gasteiger partial charge in [-0.15, -0.1) is 0 Å². The van der Waals surface area contributed by atoms with Gasteiger partial charge in [0.25, 0.3) is 0 Å². The lowest BCUT2D eigenvalue weighted by atomic mass is 9.97. The van der Waals surface area contributed by atoms with Crippen LogP contribution in [0.3, 0.4) is 0 Å². The third-order valence-corrected chi connectivity index (χ3v) is 2.71. The Morgan fingerprint density at radius 1 is 1.46 bits per heavy atom. The molecule has 0 aliphatic rings. The lowest BCUT2D eigenvalue weighted by Gasteiger charge is -2.04. The van der Waals surface area contributed by atoms with E-state index in [-0.39, 0.29) is 4.90 Å². The van der Waals surface area contributed by atoms with Gasteiger partial charge in [0.15, 0.2) is 0 Å². The lowest BCUT2D eigenvalue weighted by molar-refractivity contribution is 0.591. The number of hydrogen-bond acceptors (Lipinski definition) is 2. The Balaban J connectivity index is 3.41. The van der Waals surface area contributed by atoms with E-state index in [2.05, 4.69) is 0 Å². The highest BCUT2D eigenvalue weighted by Crippen LogP contribution is 2.15. The van der Waals surface area contributed by atoms with Gasteiger partial charge in [-0.05, 0) is 17.7 Å². The number of sulfonamides is 1. The van der Waals surface area contributed by atoms with Gasteiger partial charge in [-0.25, -0.2) is 17.9 Å². The number of primary sulfonamides is 1. The molecule has 13 heavy (non-hydrogen) atoms. The van der Waals surface area contributed by atoms with E-state index < -0.39 is 15.8 Å². The molecule has 0 atom stereocenters. The highest BCUT2D eigenvalue weighted by atomic mass is 32.2. The molecule has 0 bridgehead atoms. The Morgan fingerprint density at radius 2 is 2.08 bits per heavy atom. The van der Waals surface area contributed by atoms with Crippen LogP contribution >= 0.6 is 0 Å². The molecule has 0 amide bonds. The average Bonchev–Trinajstić information content (AvgIpc) is 2.03. The minimum absolute atomic E-state index is 0.130. The number of rotatable bonds is 2. The van der Waals surface area contributed by atoms with Crippen LogP contribution in [0, 0.1) is 5.82 Å². The van der Waals surface area contributed by atoms with Gasteiger partial charge < -0.3 is 0 Å². The molecule has 1 aromatic rings. The molecule has 0 aliphatic carbocycles. The Labute approximate surface area is 77.2 Å². The summed E-state index contributed by atoms with van der Waals surface area (Å²) in [7, 11) is -2.03. The average molecular weight is 201 g/mol. The summed E-state index contributed by atoms with van der Waals surface area (Å²) in [5.41, 5.74) is 0.531. The molecule has 0 radical (unpaired) electrons. The summed E-state index contributed by atoms with van der Waals surface area (Å²) < 4.78 is 34.6. The van der Waals surface area contributed by atoms with E-state index in [1.165, 1.54) is 12.1 Å². The molecule has 0 saturated heterocycles. The van der Waals surface area contributed by atoms with Crippen LogP contribution in [0.5, 0.6) is 0 Å². The Bertz CT molecular complexity index is 419. The Kier molecular flexibility index (Phi) is 2.73. The highest BCUT2D eigenvalue weighted by Gasteiger charge is 2.13. The first kappa shape index (κ1) is 10.2. The number of halogens is 1. The normalized spacial score (nSPS) is 11.5. The number of benzene rings is 1. The van der Waals surface area contributed by atoms with E-state index in [1.807, 2.05) is 0 Å². The Morgan fingerprint density at radius 3 is 2.54 bits per heavy atom. The van der Waals surface area contributed by atoms with Gasteiger partial charge in [-0.3, -0.25) is 0 Å². The fourth-order valence-electron chi connectivity index (χ4n) is 1.09. The van der Waals surface area contributed by atoms with E-state index >= 15 is 0 Å². The van der Waals surface area contributed by atoms with Crippen LogP contribution in [-0.2, 0) is 16.3 Å². The van der Waals surface area contributed by atoms with Gasteiger partial charge in [0.1, 0.15) is 13.7 Å². The second-order valence-corrected chi connectivity index (χ2v) is 4.18. The van der Waals surface area contributed by atoms with Crippen molar-refractivity contribution in [2.75, 3.05) is 0 Å². The molecule has 0 fully saturated rings. The van der Waals surface area contributed by atoms with E-state index in [4.69, 9.17) is 5.14 Å². The predicted octanol–water partition coefficient (Wildman–Crippen LogP) is -0.394. The standard InChI is InChI=1S/C7H9BFNO2S/c8-4-5-1-2-6(9)3-7(5)13(10,11)12/h1-3H,4,8H2,(H2,10,11,12). The van der Waals surface area contributed by atoms with Crippen LogP contribution in [0.2, 0.25) is 0 Å². The molecule has 0 unspecified atom stereocenters. The van der Waals surface area contributed by atoms with Crippen molar-refractivity contribution in [3.05, 3.63) is 29.6 Å². The minimum atomic E-state index is -3.81. The molecule has 0 aromatic heterocycles. The van der Waals surface area contributed by atoms with Crippen molar-refractivity contribution < 1.29 is 12.8 Å². The molecule has 2 N–H and O–H groups in total. The number of hydrogen-bond donors (Lipinski definition) is 1. The Hall–Kier alpha value is -0.875. The molecule has 0 heterocycles. The molecule has 70 valence electrons. The zero-order valence-electron chi connectivity index (χ0n) is 7.12. The summed E-state index contributed by atoms with van der Waals surface area (Å²) in [6.45, 7) is 0. The minimum Gasteiger partial charge on any atom is -0.225 e.